The molecule has 2 nitrogen and oxygen atoms in total. The van der Waals surface area contributed by atoms with E-state index in [2.05, 4.69) is 32.7 Å². The molecule has 0 saturated carbocycles. The van der Waals surface area contributed by atoms with Gasteiger partial charge >= 0.3 is 0 Å². The molecule has 0 heterocycles. The van der Waals surface area contributed by atoms with Crippen molar-refractivity contribution in [2.75, 3.05) is 20.1 Å². The lowest BCUT2D eigenvalue weighted by Gasteiger charge is -2.27. The molecule has 13 heavy (non-hydrogen) atoms. The van der Waals surface area contributed by atoms with Gasteiger partial charge in [0.1, 0.15) is 0 Å². The Hall–Kier alpha value is -0.0800. The molecule has 0 spiro atoms. The minimum atomic E-state index is 0.629. The van der Waals surface area contributed by atoms with Crippen LogP contribution in [0.5, 0.6) is 0 Å². The Bertz CT molecular complexity index is 115. The van der Waals surface area contributed by atoms with Crippen molar-refractivity contribution in [2.24, 2.45) is 11.7 Å². The van der Waals surface area contributed by atoms with E-state index in [1.54, 1.807) is 0 Å². The van der Waals surface area contributed by atoms with E-state index in [1.165, 1.54) is 19.4 Å². The van der Waals surface area contributed by atoms with Gasteiger partial charge in [-0.2, -0.15) is 0 Å². The zero-order valence-electron chi connectivity index (χ0n) is 9.71. The second-order valence-corrected chi connectivity index (χ2v) is 4.26. The van der Waals surface area contributed by atoms with Gasteiger partial charge in [-0.05, 0) is 39.3 Å². The van der Waals surface area contributed by atoms with Crippen LogP contribution in [-0.2, 0) is 0 Å². The van der Waals surface area contributed by atoms with E-state index in [4.69, 9.17) is 5.73 Å². The number of nitrogens with two attached hydrogens (primary N) is 1. The minimum Gasteiger partial charge on any atom is -0.330 e. The van der Waals surface area contributed by atoms with Gasteiger partial charge in [-0.1, -0.05) is 20.3 Å². The summed E-state index contributed by atoms with van der Waals surface area (Å²) in [6.07, 6.45) is 3.73. The van der Waals surface area contributed by atoms with E-state index in [1.807, 2.05) is 0 Å². The molecular weight excluding hydrogens is 160 g/mol. The largest absolute Gasteiger partial charge is 0.330 e. The number of rotatable bonds is 7. The molecule has 0 aromatic rings. The Balaban J connectivity index is 3.64. The number of nitrogens with zero attached hydrogens (tertiary/aromatic N) is 1. The van der Waals surface area contributed by atoms with Crippen molar-refractivity contribution in [1.29, 1.82) is 0 Å². The van der Waals surface area contributed by atoms with Crippen molar-refractivity contribution in [2.45, 2.75) is 46.1 Å². The Kier molecular flexibility index (Phi) is 7.29. The molecule has 0 aromatic heterocycles. The predicted octanol–water partition coefficient (Wildman–Crippen LogP) is 2.09. The standard InChI is InChI=1S/C11H26N2/c1-5-6-10(2)9-13(4)11(3)7-8-12/h10-11H,5-9,12H2,1-4H3. The maximum Gasteiger partial charge on any atom is 0.00759 e. The molecule has 2 atom stereocenters. The van der Waals surface area contributed by atoms with E-state index in [-0.39, 0.29) is 0 Å². The first-order valence-electron chi connectivity index (χ1n) is 5.52. The minimum absolute atomic E-state index is 0.629. The van der Waals surface area contributed by atoms with Gasteiger partial charge in [-0.25, -0.2) is 0 Å². The third-order valence-electron chi connectivity index (χ3n) is 2.72. The zero-order chi connectivity index (χ0) is 10.3. The normalized spacial score (nSPS) is 16.2. The summed E-state index contributed by atoms with van der Waals surface area (Å²) in [4.78, 5) is 2.42. The molecule has 0 bridgehead atoms. The number of hydrogen-bond acceptors (Lipinski definition) is 2. The Morgan fingerprint density at radius 2 is 1.85 bits per heavy atom. The van der Waals surface area contributed by atoms with Gasteiger partial charge in [0.15, 0.2) is 0 Å². The first-order chi connectivity index (χ1) is 6.11. The molecule has 0 saturated heterocycles. The highest BCUT2D eigenvalue weighted by Gasteiger charge is 2.10. The van der Waals surface area contributed by atoms with E-state index < -0.39 is 0 Å². The van der Waals surface area contributed by atoms with Gasteiger partial charge in [-0.15, -0.1) is 0 Å². The van der Waals surface area contributed by atoms with Crippen LogP contribution >= 0.6 is 0 Å². The third kappa shape index (κ3) is 6.05. The highest BCUT2D eigenvalue weighted by molar-refractivity contribution is 4.66. The fourth-order valence-electron chi connectivity index (χ4n) is 1.72. The van der Waals surface area contributed by atoms with Crippen molar-refractivity contribution < 1.29 is 0 Å². The third-order valence-corrected chi connectivity index (χ3v) is 2.72. The summed E-state index contributed by atoms with van der Waals surface area (Å²) < 4.78 is 0. The van der Waals surface area contributed by atoms with Crippen LogP contribution in [0.25, 0.3) is 0 Å². The molecule has 0 amide bonds. The molecule has 0 radical (unpaired) electrons. The Morgan fingerprint density at radius 3 is 2.31 bits per heavy atom. The zero-order valence-corrected chi connectivity index (χ0v) is 9.71. The quantitative estimate of drug-likeness (QED) is 0.659. The highest BCUT2D eigenvalue weighted by Crippen LogP contribution is 2.09. The van der Waals surface area contributed by atoms with Crippen LogP contribution in [0.15, 0.2) is 0 Å². The molecular formula is C11H26N2. The van der Waals surface area contributed by atoms with E-state index in [0.717, 1.165) is 18.9 Å². The lowest BCUT2D eigenvalue weighted by atomic mass is 10.0. The monoisotopic (exact) mass is 186 g/mol. The van der Waals surface area contributed by atoms with Crippen molar-refractivity contribution >= 4 is 0 Å². The van der Waals surface area contributed by atoms with Crippen LogP contribution in [0, 0.1) is 5.92 Å². The van der Waals surface area contributed by atoms with Crippen LogP contribution in [0.1, 0.15) is 40.0 Å². The second kappa shape index (κ2) is 7.34. The Labute approximate surface area is 83.5 Å². The van der Waals surface area contributed by atoms with Crippen molar-refractivity contribution in [3.05, 3.63) is 0 Å². The molecule has 0 aliphatic rings. The molecule has 0 rings (SSSR count). The lowest BCUT2D eigenvalue weighted by Crippen LogP contribution is -2.34. The van der Waals surface area contributed by atoms with Crippen LogP contribution in [-0.4, -0.2) is 31.1 Å². The summed E-state index contributed by atoms with van der Waals surface area (Å²) >= 11 is 0. The maximum absolute atomic E-state index is 5.53. The van der Waals surface area contributed by atoms with Gasteiger partial charge < -0.3 is 10.6 Å². The molecule has 0 aromatic carbocycles. The molecule has 0 aliphatic heterocycles. The summed E-state index contributed by atoms with van der Waals surface area (Å²) in [5.74, 6) is 0.815. The predicted molar refractivity (Wildman–Crippen MR) is 59.8 cm³/mol. The first-order valence-corrected chi connectivity index (χ1v) is 5.52. The fourth-order valence-corrected chi connectivity index (χ4v) is 1.72. The Morgan fingerprint density at radius 1 is 1.23 bits per heavy atom. The summed E-state index contributed by atoms with van der Waals surface area (Å²) in [6, 6.07) is 0.629. The summed E-state index contributed by atoms with van der Waals surface area (Å²) in [7, 11) is 2.20. The highest BCUT2D eigenvalue weighted by atomic mass is 15.1. The fraction of sp³-hybridized carbons (Fsp3) is 1.00. The lowest BCUT2D eigenvalue weighted by molar-refractivity contribution is 0.212. The molecule has 80 valence electrons. The van der Waals surface area contributed by atoms with Crippen LogP contribution in [0.2, 0.25) is 0 Å². The second-order valence-electron chi connectivity index (χ2n) is 4.26. The van der Waals surface area contributed by atoms with Gasteiger partial charge in [0, 0.05) is 12.6 Å². The topological polar surface area (TPSA) is 29.3 Å². The molecule has 2 heteroatoms. The van der Waals surface area contributed by atoms with E-state index in [9.17, 15) is 0 Å². The maximum atomic E-state index is 5.53. The SMILES string of the molecule is CCCC(C)CN(C)C(C)CCN. The van der Waals surface area contributed by atoms with Gasteiger partial charge in [-0.3, -0.25) is 0 Å². The van der Waals surface area contributed by atoms with E-state index in [0.29, 0.717) is 6.04 Å². The number of hydrogen-bond donors (Lipinski definition) is 1. The average molecular weight is 186 g/mol. The van der Waals surface area contributed by atoms with Crippen LogP contribution in [0.3, 0.4) is 0 Å². The molecule has 2 unspecified atom stereocenters. The van der Waals surface area contributed by atoms with E-state index >= 15 is 0 Å². The van der Waals surface area contributed by atoms with Crippen molar-refractivity contribution in [3.63, 3.8) is 0 Å². The van der Waals surface area contributed by atoms with Crippen molar-refractivity contribution in [3.8, 4) is 0 Å². The summed E-state index contributed by atoms with van der Waals surface area (Å²) in [6.45, 7) is 8.84. The summed E-state index contributed by atoms with van der Waals surface area (Å²) in [5.41, 5.74) is 5.53. The first kappa shape index (κ1) is 12.9. The van der Waals surface area contributed by atoms with Crippen molar-refractivity contribution in [1.82, 2.24) is 4.90 Å². The van der Waals surface area contributed by atoms with Gasteiger partial charge in [0.2, 0.25) is 0 Å². The molecule has 2 N–H and O–H groups in total. The smallest absolute Gasteiger partial charge is 0.00759 e. The van der Waals surface area contributed by atoms with Crippen LogP contribution in [0.4, 0.5) is 0 Å². The van der Waals surface area contributed by atoms with Gasteiger partial charge in [0.25, 0.3) is 0 Å². The summed E-state index contributed by atoms with van der Waals surface area (Å²) in [5, 5.41) is 0. The van der Waals surface area contributed by atoms with Gasteiger partial charge in [0.05, 0.1) is 0 Å². The average Bonchev–Trinajstić information content (AvgIpc) is 2.05. The molecule has 0 aliphatic carbocycles. The molecule has 0 fully saturated rings. The van der Waals surface area contributed by atoms with Crippen LogP contribution < -0.4 is 5.73 Å².